The molecular formula is C21H21N5O. The number of carbonyl (C=O) groups excluding carboxylic acids is 1. The van der Waals surface area contributed by atoms with Crippen LogP contribution in [0.1, 0.15) is 22.0 Å². The van der Waals surface area contributed by atoms with E-state index in [-0.39, 0.29) is 11.9 Å². The molecule has 0 radical (unpaired) electrons. The van der Waals surface area contributed by atoms with Crippen molar-refractivity contribution in [1.29, 1.82) is 0 Å². The lowest BCUT2D eigenvalue weighted by Crippen LogP contribution is -2.23. The van der Waals surface area contributed by atoms with Crippen LogP contribution in [0.15, 0.2) is 70.8 Å². The summed E-state index contributed by atoms with van der Waals surface area (Å²) >= 11 is 0. The second-order valence-corrected chi connectivity index (χ2v) is 6.70. The van der Waals surface area contributed by atoms with Gasteiger partial charge in [0, 0.05) is 49.0 Å². The highest BCUT2D eigenvalue weighted by Gasteiger charge is 2.27. The van der Waals surface area contributed by atoms with Crippen molar-refractivity contribution in [3.63, 3.8) is 0 Å². The normalized spacial score (nSPS) is 17.5. The number of guanidine groups is 1. The van der Waals surface area contributed by atoms with Gasteiger partial charge in [-0.3, -0.25) is 4.79 Å². The molecule has 2 aromatic carbocycles. The minimum absolute atomic E-state index is 0.0653. The van der Waals surface area contributed by atoms with E-state index in [0.717, 1.165) is 16.9 Å². The number of nitrogens with one attached hydrogen (secondary N) is 1. The molecule has 0 saturated carbocycles. The largest absolute Gasteiger partial charge is 0.378 e. The van der Waals surface area contributed by atoms with Crippen molar-refractivity contribution in [2.75, 3.05) is 30.9 Å². The first-order valence-corrected chi connectivity index (χ1v) is 8.85. The molecule has 1 unspecified atom stereocenters. The lowest BCUT2D eigenvalue weighted by atomic mass is 10.0. The molecule has 0 aromatic heterocycles. The number of nitrogens with zero attached hydrogens (tertiary/aromatic N) is 4. The highest BCUT2D eigenvalue weighted by molar-refractivity contribution is 6.05. The lowest BCUT2D eigenvalue weighted by Gasteiger charge is -2.17. The topological polar surface area (TPSA) is 60.3 Å². The number of hydrogen-bond donors (Lipinski definition) is 1. The number of allylic oxidation sites excluding steroid dienone is 1. The van der Waals surface area contributed by atoms with E-state index in [1.807, 2.05) is 84.7 Å². The number of hydrogen-bond acceptors (Lipinski definition) is 5. The van der Waals surface area contributed by atoms with E-state index < -0.39 is 0 Å². The Bertz CT molecular complexity index is 961. The summed E-state index contributed by atoms with van der Waals surface area (Å²) in [5, 5.41) is 3.05. The second-order valence-electron chi connectivity index (χ2n) is 6.70. The van der Waals surface area contributed by atoms with Crippen molar-refractivity contribution in [3.05, 3.63) is 71.9 Å². The molecule has 1 amide bonds. The van der Waals surface area contributed by atoms with E-state index in [0.29, 0.717) is 18.1 Å². The van der Waals surface area contributed by atoms with Gasteiger partial charge in [0.2, 0.25) is 5.96 Å². The van der Waals surface area contributed by atoms with Gasteiger partial charge in [-0.15, -0.1) is 0 Å². The first-order chi connectivity index (χ1) is 13.1. The molecule has 0 bridgehead atoms. The van der Waals surface area contributed by atoms with Crippen LogP contribution in [0.4, 0.5) is 11.4 Å². The molecule has 0 spiro atoms. The number of benzene rings is 2. The van der Waals surface area contributed by atoms with E-state index in [9.17, 15) is 4.79 Å². The van der Waals surface area contributed by atoms with Crippen LogP contribution in [-0.2, 0) is 0 Å². The highest BCUT2D eigenvalue weighted by atomic mass is 16.1. The fourth-order valence-corrected chi connectivity index (χ4v) is 3.20. The summed E-state index contributed by atoms with van der Waals surface area (Å²) in [5.74, 6) is 0.578. The molecule has 2 aliphatic rings. The maximum atomic E-state index is 12.8. The summed E-state index contributed by atoms with van der Waals surface area (Å²) in [6, 6.07) is 15.3. The SMILES string of the molecule is CN(C)c1cccc(C(=O)Nc2ccccc2C2CN3C=CC=NC3=N2)c1. The number of aliphatic imine (C=N–C) groups is 2. The Morgan fingerprint density at radius 3 is 2.85 bits per heavy atom. The monoisotopic (exact) mass is 359 g/mol. The number of carbonyl (C=O) groups is 1. The van der Waals surface area contributed by atoms with Crippen molar-refractivity contribution in [3.8, 4) is 0 Å². The maximum Gasteiger partial charge on any atom is 0.255 e. The van der Waals surface area contributed by atoms with E-state index in [4.69, 9.17) is 4.99 Å². The second kappa shape index (κ2) is 7.07. The van der Waals surface area contributed by atoms with Gasteiger partial charge in [-0.05, 0) is 30.3 Å². The van der Waals surface area contributed by atoms with Gasteiger partial charge in [0.15, 0.2) is 0 Å². The molecule has 136 valence electrons. The number of fused-ring (bicyclic) bond motifs is 1. The molecule has 2 heterocycles. The molecule has 0 saturated heterocycles. The summed E-state index contributed by atoms with van der Waals surface area (Å²) in [4.78, 5) is 25.8. The third-order valence-corrected chi connectivity index (χ3v) is 4.63. The third-order valence-electron chi connectivity index (χ3n) is 4.63. The Morgan fingerprint density at radius 2 is 2.04 bits per heavy atom. The van der Waals surface area contributed by atoms with Crippen LogP contribution in [0.3, 0.4) is 0 Å². The number of amides is 1. The van der Waals surface area contributed by atoms with E-state index >= 15 is 0 Å². The van der Waals surface area contributed by atoms with Gasteiger partial charge < -0.3 is 15.1 Å². The summed E-state index contributed by atoms with van der Waals surface area (Å²) in [5.41, 5.74) is 3.37. The van der Waals surface area contributed by atoms with E-state index in [2.05, 4.69) is 10.3 Å². The Labute approximate surface area is 158 Å². The van der Waals surface area contributed by atoms with Crippen molar-refractivity contribution in [2.45, 2.75) is 6.04 Å². The van der Waals surface area contributed by atoms with E-state index in [1.165, 1.54) is 0 Å². The number of anilines is 2. The highest BCUT2D eigenvalue weighted by Crippen LogP contribution is 2.31. The first-order valence-electron chi connectivity index (χ1n) is 8.85. The molecule has 6 heteroatoms. The fraction of sp³-hybridized carbons (Fsp3) is 0.190. The Balaban J connectivity index is 1.58. The van der Waals surface area contributed by atoms with Gasteiger partial charge in [-0.1, -0.05) is 24.3 Å². The maximum absolute atomic E-state index is 12.8. The van der Waals surface area contributed by atoms with Crippen LogP contribution < -0.4 is 10.2 Å². The minimum Gasteiger partial charge on any atom is -0.378 e. The Morgan fingerprint density at radius 1 is 1.19 bits per heavy atom. The lowest BCUT2D eigenvalue weighted by molar-refractivity contribution is 0.102. The number of rotatable bonds is 4. The molecule has 0 fully saturated rings. The standard InChI is InChI=1S/C21H21N5O/c1-25(2)16-8-5-7-15(13-16)20(27)23-18-10-4-3-9-17(18)19-14-26-12-6-11-22-21(26)24-19/h3-13,19H,14H2,1-2H3,(H,23,27). The van der Waals surface area contributed by atoms with Crippen LogP contribution in [0, 0.1) is 0 Å². The quantitative estimate of drug-likeness (QED) is 0.911. The zero-order valence-electron chi connectivity index (χ0n) is 15.3. The van der Waals surface area contributed by atoms with Crippen LogP contribution in [-0.4, -0.2) is 43.6 Å². The van der Waals surface area contributed by atoms with Crippen LogP contribution in [0.2, 0.25) is 0 Å². The predicted octanol–water partition coefficient (Wildman–Crippen LogP) is 3.32. The molecule has 2 aliphatic heterocycles. The van der Waals surface area contributed by atoms with E-state index in [1.54, 1.807) is 6.21 Å². The molecule has 2 aromatic rings. The average molecular weight is 359 g/mol. The molecule has 0 aliphatic carbocycles. The summed E-state index contributed by atoms with van der Waals surface area (Å²) in [7, 11) is 3.91. The first kappa shape index (κ1) is 17.0. The van der Waals surface area contributed by atoms with Gasteiger partial charge in [-0.25, -0.2) is 9.98 Å². The molecular weight excluding hydrogens is 338 g/mol. The average Bonchev–Trinajstić information content (AvgIpc) is 3.12. The van der Waals surface area contributed by atoms with Gasteiger partial charge >= 0.3 is 0 Å². The van der Waals surface area contributed by atoms with Crippen molar-refractivity contribution < 1.29 is 4.79 Å². The molecule has 1 atom stereocenters. The van der Waals surface area contributed by atoms with Crippen LogP contribution in [0.5, 0.6) is 0 Å². The zero-order chi connectivity index (χ0) is 18.8. The van der Waals surface area contributed by atoms with Crippen molar-refractivity contribution >= 4 is 29.5 Å². The molecule has 6 nitrogen and oxygen atoms in total. The van der Waals surface area contributed by atoms with Gasteiger partial charge in [-0.2, -0.15) is 0 Å². The molecule has 1 N–H and O–H groups in total. The summed E-state index contributed by atoms with van der Waals surface area (Å²) in [6.45, 7) is 0.714. The fourth-order valence-electron chi connectivity index (χ4n) is 3.20. The predicted molar refractivity (Wildman–Crippen MR) is 110 cm³/mol. The van der Waals surface area contributed by atoms with Crippen LogP contribution in [0.25, 0.3) is 0 Å². The van der Waals surface area contributed by atoms with Gasteiger partial charge in [0.1, 0.15) is 0 Å². The number of para-hydroxylation sites is 1. The minimum atomic E-state index is -0.132. The van der Waals surface area contributed by atoms with Gasteiger partial charge in [0.25, 0.3) is 5.91 Å². The van der Waals surface area contributed by atoms with Crippen LogP contribution >= 0.6 is 0 Å². The summed E-state index contributed by atoms with van der Waals surface area (Å²) < 4.78 is 0. The van der Waals surface area contributed by atoms with Crippen molar-refractivity contribution in [2.24, 2.45) is 9.98 Å². The zero-order valence-corrected chi connectivity index (χ0v) is 15.3. The Kier molecular flexibility index (Phi) is 4.46. The molecule has 27 heavy (non-hydrogen) atoms. The van der Waals surface area contributed by atoms with Crippen molar-refractivity contribution in [1.82, 2.24) is 4.90 Å². The smallest absolute Gasteiger partial charge is 0.255 e. The Hall–Kier alpha value is -3.41. The third kappa shape index (κ3) is 3.46. The van der Waals surface area contributed by atoms with Gasteiger partial charge in [0.05, 0.1) is 12.6 Å². The summed E-state index contributed by atoms with van der Waals surface area (Å²) in [6.07, 6.45) is 5.61. The molecule has 4 rings (SSSR count).